The fourth-order valence-electron chi connectivity index (χ4n) is 1.49. The van der Waals surface area contributed by atoms with Crippen LogP contribution < -0.4 is 10.9 Å². The molecule has 2 rings (SSSR count). The minimum Gasteiger partial charge on any atom is -0.321 e. The Morgan fingerprint density at radius 1 is 0.944 bits per heavy atom. The number of hydrogen-bond acceptors (Lipinski definition) is 2. The minimum atomic E-state index is -0.494. The molecule has 2 N–H and O–H groups in total. The predicted octanol–water partition coefficient (Wildman–Crippen LogP) is 4.25. The molecule has 0 spiro atoms. The van der Waals surface area contributed by atoms with Gasteiger partial charge in [0.05, 0.1) is 5.02 Å². The lowest BCUT2D eigenvalue weighted by Crippen LogP contribution is -2.21. The Morgan fingerprint density at radius 3 is 2.33 bits per heavy atom. The van der Waals surface area contributed by atoms with Crippen LogP contribution >= 0.6 is 23.2 Å². The third-order valence-electron chi connectivity index (χ3n) is 2.41. The van der Waals surface area contributed by atoms with E-state index in [4.69, 9.17) is 23.2 Å². The second kappa shape index (κ2) is 6.05. The quantitative estimate of drug-likeness (QED) is 0.648. The smallest absolute Gasteiger partial charge is 0.147 e. The number of anilines is 1. The zero-order chi connectivity index (χ0) is 13.0. The SMILES string of the molecule is Fc1c(Cl)ccc(Cl)c1CNNc1ccccc1. The average molecular weight is 285 g/mol. The molecule has 0 aliphatic rings. The summed E-state index contributed by atoms with van der Waals surface area (Å²) in [5, 5.41) is 0.412. The summed E-state index contributed by atoms with van der Waals surface area (Å²) < 4.78 is 13.7. The molecule has 0 aliphatic carbocycles. The molecule has 5 heteroatoms. The van der Waals surface area contributed by atoms with E-state index in [0.29, 0.717) is 10.6 Å². The first-order chi connectivity index (χ1) is 8.68. The molecule has 0 radical (unpaired) electrons. The molecule has 0 aliphatic heterocycles. The molecular formula is C13H11Cl2FN2. The van der Waals surface area contributed by atoms with E-state index >= 15 is 0 Å². The normalized spacial score (nSPS) is 10.4. The van der Waals surface area contributed by atoms with Crippen molar-refractivity contribution >= 4 is 28.9 Å². The Balaban J connectivity index is 2.01. The molecule has 94 valence electrons. The molecule has 0 amide bonds. The topological polar surface area (TPSA) is 24.1 Å². The first-order valence-electron chi connectivity index (χ1n) is 5.35. The fraction of sp³-hybridized carbons (Fsp3) is 0.0769. The highest BCUT2D eigenvalue weighted by atomic mass is 35.5. The average Bonchev–Trinajstić information content (AvgIpc) is 2.39. The zero-order valence-corrected chi connectivity index (χ0v) is 10.9. The van der Waals surface area contributed by atoms with E-state index in [1.807, 2.05) is 30.3 Å². The van der Waals surface area contributed by atoms with E-state index in [1.54, 1.807) is 6.07 Å². The highest BCUT2D eigenvalue weighted by Crippen LogP contribution is 2.25. The van der Waals surface area contributed by atoms with Crippen LogP contribution in [0.3, 0.4) is 0 Å². The van der Waals surface area contributed by atoms with Crippen molar-refractivity contribution in [2.24, 2.45) is 0 Å². The Hall–Kier alpha value is -1.29. The molecule has 0 heterocycles. The van der Waals surface area contributed by atoms with Gasteiger partial charge in [-0.15, -0.1) is 0 Å². The van der Waals surface area contributed by atoms with Crippen LogP contribution in [-0.2, 0) is 6.54 Å². The van der Waals surface area contributed by atoms with E-state index in [2.05, 4.69) is 10.9 Å². The largest absolute Gasteiger partial charge is 0.321 e. The summed E-state index contributed by atoms with van der Waals surface area (Å²) in [6, 6.07) is 12.5. The van der Waals surface area contributed by atoms with Crippen molar-refractivity contribution in [2.75, 3.05) is 5.43 Å². The third kappa shape index (κ3) is 3.13. The molecule has 2 aromatic carbocycles. The monoisotopic (exact) mass is 284 g/mol. The number of hydrazine groups is 1. The van der Waals surface area contributed by atoms with E-state index in [-0.39, 0.29) is 11.6 Å². The van der Waals surface area contributed by atoms with Crippen LogP contribution in [-0.4, -0.2) is 0 Å². The fourth-order valence-corrected chi connectivity index (χ4v) is 1.88. The zero-order valence-electron chi connectivity index (χ0n) is 9.38. The molecular weight excluding hydrogens is 274 g/mol. The maximum atomic E-state index is 13.7. The summed E-state index contributed by atoms with van der Waals surface area (Å²) in [5.74, 6) is -0.494. The van der Waals surface area contributed by atoms with E-state index in [9.17, 15) is 4.39 Å². The van der Waals surface area contributed by atoms with Crippen molar-refractivity contribution in [3.05, 3.63) is 63.9 Å². The molecule has 0 saturated carbocycles. The first-order valence-corrected chi connectivity index (χ1v) is 6.10. The molecule has 0 aromatic heterocycles. The minimum absolute atomic E-state index is 0.0657. The van der Waals surface area contributed by atoms with Gasteiger partial charge < -0.3 is 5.43 Å². The molecule has 2 nitrogen and oxygen atoms in total. The molecule has 0 fully saturated rings. The van der Waals surface area contributed by atoms with Gasteiger partial charge in [0.2, 0.25) is 0 Å². The lowest BCUT2D eigenvalue weighted by atomic mass is 10.2. The highest BCUT2D eigenvalue weighted by molar-refractivity contribution is 6.33. The third-order valence-corrected chi connectivity index (χ3v) is 3.06. The molecule has 0 saturated heterocycles. The van der Waals surface area contributed by atoms with Gasteiger partial charge >= 0.3 is 0 Å². The number of hydrogen-bond donors (Lipinski definition) is 2. The van der Waals surface area contributed by atoms with Gasteiger partial charge in [0, 0.05) is 22.8 Å². The Bertz CT molecular complexity index is 532. The lowest BCUT2D eigenvalue weighted by Gasteiger charge is -2.10. The van der Waals surface area contributed by atoms with Crippen molar-refractivity contribution in [1.29, 1.82) is 0 Å². The second-order valence-corrected chi connectivity index (χ2v) is 4.48. The van der Waals surface area contributed by atoms with Crippen molar-refractivity contribution in [2.45, 2.75) is 6.54 Å². The maximum Gasteiger partial charge on any atom is 0.147 e. The maximum absolute atomic E-state index is 13.7. The molecule has 2 aromatic rings. The Kier molecular flexibility index (Phi) is 4.42. The van der Waals surface area contributed by atoms with E-state index < -0.39 is 5.82 Å². The molecule has 0 bridgehead atoms. The van der Waals surface area contributed by atoms with Crippen molar-refractivity contribution in [3.63, 3.8) is 0 Å². The van der Waals surface area contributed by atoms with Crippen molar-refractivity contribution < 1.29 is 4.39 Å². The van der Waals surface area contributed by atoms with E-state index in [0.717, 1.165) is 5.69 Å². The number of nitrogens with one attached hydrogen (secondary N) is 2. The molecule has 0 atom stereocenters. The number of rotatable bonds is 4. The van der Waals surface area contributed by atoms with Gasteiger partial charge in [-0.25, -0.2) is 9.82 Å². The van der Waals surface area contributed by atoms with Gasteiger partial charge in [0.15, 0.2) is 0 Å². The lowest BCUT2D eigenvalue weighted by molar-refractivity contribution is 0.601. The summed E-state index contributed by atoms with van der Waals surface area (Å²) in [6.07, 6.45) is 0. The van der Waals surface area contributed by atoms with Gasteiger partial charge in [-0.3, -0.25) is 0 Å². The summed E-state index contributed by atoms with van der Waals surface area (Å²) in [5.41, 5.74) is 7.07. The van der Waals surface area contributed by atoms with Crippen molar-refractivity contribution in [3.8, 4) is 0 Å². The van der Waals surface area contributed by atoms with Gasteiger partial charge in [0.25, 0.3) is 0 Å². The van der Waals surface area contributed by atoms with Crippen LogP contribution in [0.1, 0.15) is 5.56 Å². The van der Waals surface area contributed by atoms with Crippen LogP contribution in [0.5, 0.6) is 0 Å². The summed E-state index contributed by atoms with van der Waals surface area (Å²) >= 11 is 11.6. The summed E-state index contributed by atoms with van der Waals surface area (Å²) in [7, 11) is 0. The van der Waals surface area contributed by atoms with Crippen LogP contribution in [0.15, 0.2) is 42.5 Å². The van der Waals surface area contributed by atoms with Gasteiger partial charge in [-0.1, -0.05) is 41.4 Å². The molecule has 18 heavy (non-hydrogen) atoms. The Morgan fingerprint density at radius 2 is 1.61 bits per heavy atom. The van der Waals surface area contributed by atoms with Gasteiger partial charge in [-0.2, -0.15) is 0 Å². The number of halogens is 3. The van der Waals surface area contributed by atoms with Crippen LogP contribution in [0.4, 0.5) is 10.1 Å². The van der Waals surface area contributed by atoms with Gasteiger partial charge in [-0.05, 0) is 24.3 Å². The van der Waals surface area contributed by atoms with Crippen LogP contribution in [0.25, 0.3) is 0 Å². The molecule has 0 unspecified atom stereocenters. The van der Waals surface area contributed by atoms with E-state index in [1.165, 1.54) is 6.07 Å². The second-order valence-electron chi connectivity index (χ2n) is 3.67. The standard InChI is InChI=1S/C13H11Cl2FN2/c14-11-6-7-12(15)13(16)10(11)8-17-18-9-4-2-1-3-5-9/h1-7,17-18H,8H2. The summed E-state index contributed by atoms with van der Waals surface area (Å²) in [4.78, 5) is 0. The van der Waals surface area contributed by atoms with Gasteiger partial charge in [0.1, 0.15) is 5.82 Å². The Labute approximate surface area is 115 Å². The van der Waals surface area contributed by atoms with Crippen LogP contribution in [0, 0.1) is 5.82 Å². The number of benzene rings is 2. The number of para-hydroxylation sites is 1. The van der Waals surface area contributed by atoms with Crippen molar-refractivity contribution in [1.82, 2.24) is 5.43 Å². The highest BCUT2D eigenvalue weighted by Gasteiger charge is 2.10. The summed E-state index contributed by atoms with van der Waals surface area (Å²) in [6.45, 7) is 0.236. The van der Waals surface area contributed by atoms with Crippen LogP contribution in [0.2, 0.25) is 10.0 Å². The predicted molar refractivity (Wildman–Crippen MR) is 73.3 cm³/mol. The first kappa shape index (κ1) is 13.1.